The van der Waals surface area contributed by atoms with Crippen LogP contribution in [0.15, 0.2) is 78.4 Å². The van der Waals surface area contributed by atoms with Crippen molar-refractivity contribution in [1.82, 2.24) is 5.43 Å². The minimum absolute atomic E-state index is 0.224. The molecule has 0 fully saturated rings. The third-order valence-electron chi connectivity index (χ3n) is 5.02. The van der Waals surface area contributed by atoms with Crippen LogP contribution in [0, 0.1) is 18.3 Å². The Morgan fingerprint density at radius 2 is 1.89 bits per heavy atom. The normalized spacial score (nSPS) is 10.4. The van der Waals surface area contributed by atoms with Gasteiger partial charge < -0.3 is 14.8 Å². The van der Waals surface area contributed by atoms with E-state index in [2.05, 4.69) is 28.5 Å². The lowest BCUT2D eigenvalue weighted by Gasteiger charge is -2.17. The number of allylic oxidation sites excluding steroid dienone is 1. The first-order chi connectivity index (χ1) is 17.0. The maximum Gasteiger partial charge on any atom is 0.339 e. The molecule has 0 aliphatic carbocycles. The highest BCUT2D eigenvalue weighted by atomic mass is 16.5. The van der Waals surface area contributed by atoms with Gasteiger partial charge in [0.1, 0.15) is 6.61 Å². The van der Waals surface area contributed by atoms with E-state index in [0.717, 1.165) is 22.3 Å². The van der Waals surface area contributed by atoms with Gasteiger partial charge in [0.2, 0.25) is 0 Å². The van der Waals surface area contributed by atoms with Gasteiger partial charge in [-0.3, -0.25) is 0 Å². The summed E-state index contributed by atoms with van der Waals surface area (Å²) in [5, 5.41) is 16.1. The molecule has 3 aromatic carbocycles. The summed E-state index contributed by atoms with van der Waals surface area (Å²) >= 11 is 0. The molecule has 0 saturated heterocycles. The van der Waals surface area contributed by atoms with Crippen LogP contribution < -0.4 is 20.2 Å². The SMILES string of the molecule is C=CCc1cc(C=NNC(=O)Nc2ccc(C)cc2)cc(OCC)c1OCc1ccccc1C#N. The number of hydrogen-bond donors (Lipinski definition) is 2. The van der Waals surface area contributed by atoms with Gasteiger partial charge in [-0.05, 0) is 56.2 Å². The van der Waals surface area contributed by atoms with E-state index in [0.29, 0.717) is 35.8 Å². The van der Waals surface area contributed by atoms with Crippen molar-refractivity contribution in [3.8, 4) is 17.6 Å². The Kier molecular flexibility index (Phi) is 9.03. The van der Waals surface area contributed by atoms with E-state index in [1.807, 2.05) is 62.4 Å². The van der Waals surface area contributed by atoms with Gasteiger partial charge in [0.25, 0.3) is 0 Å². The third-order valence-corrected chi connectivity index (χ3v) is 5.02. The number of rotatable bonds is 10. The molecule has 0 heterocycles. The Hall–Kier alpha value is -4.57. The van der Waals surface area contributed by atoms with Crippen molar-refractivity contribution in [3.05, 3.63) is 101 Å². The van der Waals surface area contributed by atoms with Gasteiger partial charge in [-0.1, -0.05) is 42.0 Å². The maximum absolute atomic E-state index is 12.1. The number of nitrogens with one attached hydrogen (secondary N) is 2. The highest BCUT2D eigenvalue weighted by molar-refractivity contribution is 5.90. The van der Waals surface area contributed by atoms with Crippen LogP contribution in [0.1, 0.15) is 34.7 Å². The number of urea groups is 1. The fraction of sp³-hybridized carbons (Fsp3) is 0.179. The summed E-state index contributed by atoms with van der Waals surface area (Å²) in [6.07, 6.45) is 3.85. The Morgan fingerprint density at radius 1 is 1.11 bits per heavy atom. The zero-order valence-corrected chi connectivity index (χ0v) is 19.9. The number of carbonyl (C=O) groups is 1. The first-order valence-corrected chi connectivity index (χ1v) is 11.2. The van der Waals surface area contributed by atoms with Crippen LogP contribution in [0.3, 0.4) is 0 Å². The number of amides is 2. The van der Waals surface area contributed by atoms with Gasteiger partial charge in [0.05, 0.1) is 24.5 Å². The maximum atomic E-state index is 12.1. The largest absolute Gasteiger partial charge is 0.490 e. The molecule has 0 bridgehead atoms. The Balaban J connectivity index is 1.77. The van der Waals surface area contributed by atoms with Crippen molar-refractivity contribution in [2.45, 2.75) is 26.9 Å². The highest BCUT2D eigenvalue weighted by Gasteiger charge is 2.14. The summed E-state index contributed by atoms with van der Waals surface area (Å²) in [7, 11) is 0. The van der Waals surface area contributed by atoms with E-state index in [4.69, 9.17) is 9.47 Å². The smallest absolute Gasteiger partial charge is 0.339 e. The Bertz CT molecular complexity index is 1240. The number of hydrogen-bond acceptors (Lipinski definition) is 5. The van der Waals surface area contributed by atoms with Crippen LogP contribution in [-0.4, -0.2) is 18.9 Å². The lowest BCUT2D eigenvalue weighted by molar-refractivity contribution is 0.252. The fourth-order valence-electron chi connectivity index (χ4n) is 3.36. The molecule has 7 nitrogen and oxygen atoms in total. The van der Waals surface area contributed by atoms with Gasteiger partial charge in [0.15, 0.2) is 11.5 Å². The predicted molar refractivity (Wildman–Crippen MR) is 138 cm³/mol. The number of anilines is 1. The molecule has 0 saturated carbocycles. The topological polar surface area (TPSA) is 95.7 Å². The fourth-order valence-corrected chi connectivity index (χ4v) is 3.36. The summed E-state index contributed by atoms with van der Waals surface area (Å²) in [6, 6.07) is 20.2. The van der Waals surface area contributed by atoms with Crippen molar-refractivity contribution in [3.63, 3.8) is 0 Å². The van der Waals surface area contributed by atoms with Crippen molar-refractivity contribution < 1.29 is 14.3 Å². The molecule has 178 valence electrons. The summed E-state index contributed by atoms with van der Waals surface area (Å²) < 4.78 is 12.0. The first-order valence-electron chi connectivity index (χ1n) is 11.2. The number of nitriles is 1. The van der Waals surface area contributed by atoms with Gasteiger partial charge in [0, 0.05) is 16.8 Å². The molecular weight excluding hydrogens is 440 g/mol. The first kappa shape index (κ1) is 25.1. The predicted octanol–water partition coefficient (Wildman–Crippen LogP) is 5.73. The Morgan fingerprint density at radius 3 is 2.60 bits per heavy atom. The number of aryl methyl sites for hydroxylation is 1. The number of benzene rings is 3. The molecule has 0 unspecified atom stereocenters. The van der Waals surface area contributed by atoms with Gasteiger partial charge in [-0.2, -0.15) is 10.4 Å². The van der Waals surface area contributed by atoms with E-state index in [1.165, 1.54) is 0 Å². The van der Waals surface area contributed by atoms with E-state index < -0.39 is 6.03 Å². The van der Waals surface area contributed by atoms with Gasteiger partial charge in [-0.25, -0.2) is 10.2 Å². The van der Waals surface area contributed by atoms with Crippen molar-refractivity contribution in [1.29, 1.82) is 5.26 Å². The monoisotopic (exact) mass is 468 g/mol. The average Bonchev–Trinajstić information content (AvgIpc) is 2.85. The molecule has 3 rings (SSSR count). The molecule has 0 atom stereocenters. The number of ether oxygens (including phenoxy) is 2. The summed E-state index contributed by atoms with van der Waals surface area (Å²) in [4.78, 5) is 12.1. The van der Waals surface area contributed by atoms with Crippen LogP contribution in [0.4, 0.5) is 10.5 Å². The molecule has 2 N–H and O–H groups in total. The molecule has 35 heavy (non-hydrogen) atoms. The van der Waals surface area contributed by atoms with E-state index in [9.17, 15) is 10.1 Å². The molecule has 3 aromatic rings. The number of hydrazone groups is 1. The number of carbonyl (C=O) groups excluding carboxylic acids is 1. The molecular formula is C28H28N4O3. The summed E-state index contributed by atoms with van der Waals surface area (Å²) in [6.45, 7) is 8.37. The highest BCUT2D eigenvalue weighted by Crippen LogP contribution is 2.34. The average molecular weight is 469 g/mol. The zero-order chi connectivity index (χ0) is 25.0. The molecule has 0 aliphatic heterocycles. The molecule has 7 heteroatoms. The minimum atomic E-state index is -0.447. The van der Waals surface area contributed by atoms with Crippen molar-refractivity contribution in [2.75, 3.05) is 11.9 Å². The lowest BCUT2D eigenvalue weighted by Crippen LogP contribution is -2.24. The standard InChI is InChI=1S/C28H28N4O3/c1-4-8-22-15-21(18-30-32-28(33)31-25-13-11-20(3)12-14-25)16-26(34-5-2)27(22)35-19-24-10-7-6-9-23(24)17-29/h4,6-7,9-16,18H,1,5,8,19H2,2-3H3,(H2,31,32,33). The molecule has 0 spiro atoms. The second-order valence-electron chi connectivity index (χ2n) is 7.68. The second kappa shape index (κ2) is 12.6. The summed E-state index contributed by atoms with van der Waals surface area (Å²) in [5.41, 5.74) is 7.18. The second-order valence-corrected chi connectivity index (χ2v) is 7.68. The van der Waals surface area contributed by atoms with Gasteiger partial charge in [-0.15, -0.1) is 6.58 Å². The minimum Gasteiger partial charge on any atom is -0.490 e. The van der Waals surface area contributed by atoms with Gasteiger partial charge >= 0.3 is 6.03 Å². The molecule has 0 aliphatic rings. The van der Waals surface area contributed by atoms with Crippen LogP contribution in [0.25, 0.3) is 0 Å². The van der Waals surface area contributed by atoms with E-state index in [-0.39, 0.29) is 6.61 Å². The lowest BCUT2D eigenvalue weighted by atomic mass is 10.1. The van der Waals surface area contributed by atoms with Crippen LogP contribution in [0.2, 0.25) is 0 Å². The molecule has 2 amide bonds. The molecule has 0 aromatic heterocycles. The number of nitrogens with zero attached hydrogens (tertiary/aromatic N) is 2. The summed E-state index contributed by atoms with van der Waals surface area (Å²) in [5.74, 6) is 1.13. The Labute approximate surface area is 205 Å². The van der Waals surface area contributed by atoms with E-state index in [1.54, 1.807) is 24.4 Å². The molecule has 0 radical (unpaired) electrons. The quantitative estimate of drug-likeness (QED) is 0.226. The van der Waals surface area contributed by atoms with Crippen LogP contribution >= 0.6 is 0 Å². The zero-order valence-electron chi connectivity index (χ0n) is 19.9. The van der Waals surface area contributed by atoms with E-state index >= 15 is 0 Å². The third kappa shape index (κ3) is 7.21. The van der Waals surface area contributed by atoms with Crippen LogP contribution in [-0.2, 0) is 13.0 Å². The van der Waals surface area contributed by atoms with Crippen molar-refractivity contribution >= 4 is 17.9 Å². The van der Waals surface area contributed by atoms with Crippen LogP contribution in [0.5, 0.6) is 11.5 Å². The van der Waals surface area contributed by atoms with Crippen molar-refractivity contribution in [2.24, 2.45) is 5.10 Å².